The van der Waals surface area contributed by atoms with Gasteiger partial charge in [-0.3, -0.25) is 0 Å². The van der Waals surface area contributed by atoms with Gasteiger partial charge in [-0.15, -0.1) is 0 Å². The lowest BCUT2D eigenvalue weighted by atomic mass is 9.76. The van der Waals surface area contributed by atoms with Crippen molar-refractivity contribution in [3.05, 3.63) is 23.4 Å². The molecule has 0 aromatic carbocycles. The summed E-state index contributed by atoms with van der Waals surface area (Å²) in [6.07, 6.45) is 4.55. The van der Waals surface area contributed by atoms with Gasteiger partial charge in [0.2, 0.25) is 5.88 Å². The van der Waals surface area contributed by atoms with E-state index in [1.54, 1.807) is 13.0 Å². The van der Waals surface area contributed by atoms with Crippen molar-refractivity contribution >= 4 is 6.09 Å². The van der Waals surface area contributed by atoms with Gasteiger partial charge >= 0.3 is 6.09 Å². The first-order chi connectivity index (χ1) is 10.8. The van der Waals surface area contributed by atoms with Crippen LogP contribution in [0.3, 0.4) is 0 Å². The average Bonchev–Trinajstić information content (AvgIpc) is 3.29. The molecule has 1 atom stereocenters. The lowest BCUT2D eigenvalue weighted by Gasteiger charge is -2.30. The van der Waals surface area contributed by atoms with Crippen LogP contribution in [0.1, 0.15) is 51.3 Å². The van der Waals surface area contributed by atoms with E-state index in [0.29, 0.717) is 5.88 Å². The van der Waals surface area contributed by atoms with Gasteiger partial charge in [0.05, 0.1) is 5.60 Å². The number of aliphatic hydroxyl groups is 1. The minimum atomic E-state index is -0.855. The molecule has 2 aliphatic rings. The number of nitrogens with one attached hydrogen (secondary N) is 1. The van der Waals surface area contributed by atoms with Crippen LogP contribution in [0, 0.1) is 11.3 Å². The lowest BCUT2D eigenvalue weighted by Crippen LogP contribution is -2.43. The Morgan fingerprint density at radius 3 is 2.91 bits per heavy atom. The molecule has 1 aromatic heterocycles. The molecule has 1 saturated carbocycles. The fourth-order valence-electron chi connectivity index (χ4n) is 3.19. The molecule has 5 heteroatoms. The zero-order chi connectivity index (χ0) is 16.7. The molecule has 5 nitrogen and oxygen atoms in total. The maximum Gasteiger partial charge on any atom is 0.414 e. The van der Waals surface area contributed by atoms with E-state index < -0.39 is 11.7 Å². The average molecular weight is 318 g/mol. The highest BCUT2D eigenvalue weighted by molar-refractivity contribution is 5.69. The van der Waals surface area contributed by atoms with Crippen LogP contribution < -0.4 is 10.1 Å². The summed E-state index contributed by atoms with van der Waals surface area (Å²) in [7, 11) is 0. The Morgan fingerprint density at radius 1 is 1.48 bits per heavy atom. The number of nitrogens with zero attached hydrogens (tertiary/aromatic N) is 1. The molecule has 1 aromatic rings. The molecule has 2 aliphatic carbocycles. The highest BCUT2D eigenvalue weighted by Gasteiger charge is 2.40. The van der Waals surface area contributed by atoms with Crippen molar-refractivity contribution in [2.24, 2.45) is 11.3 Å². The maximum atomic E-state index is 11.9. The summed E-state index contributed by atoms with van der Waals surface area (Å²) in [5.74, 6) is 0.608. The molecule has 0 bridgehead atoms. The third kappa shape index (κ3) is 4.02. The van der Waals surface area contributed by atoms with Gasteiger partial charge in [-0.1, -0.05) is 19.9 Å². The number of pyridine rings is 1. The summed E-state index contributed by atoms with van der Waals surface area (Å²) in [5.41, 5.74) is 1.65. The van der Waals surface area contributed by atoms with Gasteiger partial charge in [0.25, 0.3) is 0 Å². The van der Waals surface area contributed by atoms with Gasteiger partial charge < -0.3 is 15.2 Å². The predicted octanol–water partition coefficient (Wildman–Crippen LogP) is 2.85. The minimum Gasteiger partial charge on any atom is -0.391 e. The monoisotopic (exact) mass is 318 g/mol. The van der Waals surface area contributed by atoms with E-state index in [4.69, 9.17) is 4.74 Å². The minimum absolute atomic E-state index is 0.203. The Labute approximate surface area is 137 Å². The molecule has 1 amide bonds. The van der Waals surface area contributed by atoms with Gasteiger partial charge in [0.1, 0.15) is 0 Å². The van der Waals surface area contributed by atoms with Crippen molar-refractivity contribution < 1.29 is 14.6 Å². The fraction of sp³-hybridized carbons (Fsp3) is 0.667. The third-order valence-electron chi connectivity index (χ3n) is 5.00. The zero-order valence-corrected chi connectivity index (χ0v) is 14.2. The summed E-state index contributed by atoms with van der Waals surface area (Å²) < 4.78 is 5.27. The highest BCUT2D eigenvalue weighted by Crippen LogP contribution is 2.39. The van der Waals surface area contributed by atoms with E-state index >= 15 is 0 Å². The van der Waals surface area contributed by atoms with Crippen LogP contribution in [0.5, 0.6) is 5.88 Å². The third-order valence-corrected chi connectivity index (χ3v) is 5.00. The molecular formula is C18H26N2O3. The van der Waals surface area contributed by atoms with Crippen LogP contribution in [0.15, 0.2) is 12.1 Å². The molecular weight excluding hydrogens is 292 g/mol. The van der Waals surface area contributed by atoms with Crippen LogP contribution in [-0.4, -0.2) is 28.3 Å². The van der Waals surface area contributed by atoms with Crippen LogP contribution in [-0.2, 0) is 12.8 Å². The van der Waals surface area contributed by atoms with Crippen LogP contribution in [0.2, 0.25) is 0 Å². The first-order valence-electron chi connectivity index (χ1n) is 8.42. The first-order valence-corrected chi connectivity index (χ1v) is 8.42. The van der Waals surface area contributed by atoms with Gasteiger partial charge in [-0.05, 0) is 55.9 Å². The van der Waals surface area contributed by atoms with E-state index in [1.807, 2.05) is 6.07 Å². The molecule has 1 heterocycles. The topological polar surface area (TPSA) is 71.5 Å². The van der Waals surface area contributed by atoms with Gasteiger partial charge in [-0.25, -0.2) is 9.78 Å². The summed E-state index contributed by atoms with van der Waals surface area (Å²) in [4.78, 5) is 16.4. The number of carbonyl (C=O) groups excluding carboxylic acids is 1. The van der Waals surface area contributed by atoms with E-state index in [0.717, 1.165) is 37.8 Å². The summed E-state index contributed by atoms with van der Waals surface area (Å²) >= 11 is 0. The second kappa shape index (κ2) is 5.78. The highest BCUT2D eigenvalue weighted by atomic mass is 16.6. The number of amides is 1. The van der Waals surface area contributed by atoms with Crippen LogP contribution in [0.25, 0.3) is 0 Å². The molecule has 126 valence electrons. The van der Waals surface area contributed by atoms with Crippen molar-refractivity contribution in [1.82, 2.24) is 10.3 Å². The summed E-state index contributed by atoms with van der Waals surface area (Å²) in [5, 5.41) is 12.8. The molecule has 2 N–H and O–H groups in total. The quantitative estimate of drug-likeness (QED) is 0.895. The molecule has 1 fully saturated rings. The number of carbonyl (C=O) groups is 1. The second-order valence-corrected chi connectivity index (χ2v) is 7.97. The van der Waals surface area contributed by atoms with Gasteiger partial charge in [0, 0.05) is 18.3 Å². The van der Waals surface area contributed by atoms with Crippen molar-refractivity contribution in [3.8, 4) is 5.88 Å². The van der Waals surface area contributed by atoms with E-state index in [-0.39, 0.29) is 17.9 Å². The smallest absolute Gasteiger partial charge is 0.391 e. The Balaban J connectivity index is 1.58. The standard InChI is InChI=1S/C18H26N2O3/c1-17(2)9-8-12-4-7-15(20-14(12)10-17)23-16(21)19-11-18(3,22)13-5-6-13/h4,7,13,22H,5-6,8-11H2,1-3H3,(H,19,21)/t18-/m0/s1. The number of ether oxygens (including phenoxy) is 1. The number of rotatable bonds is 4. The number of fused-ring (bicyclic) bond motifs is 1. The van der Waals surface area contributed by atoms with Crippen molar-refractivity contribution in [2.75, 3.05) is 6.54 Å². The van der Waals surface area contributed by atoms with Gasteiger partial charge in [-0.2, -0.15) is 0 Å². The molecule has 0 saturated heterocycles. The lowest BCUT2D eigenvalue weighted by molar-refractivity contribution is 0.0376. The number of hydrogen-bond donors (Lipinski definition) is 2. The van der Waals surface area contributed by atoms with Crippen LogP contribution in [0.4, 0.5) is 4.79 Å². The molecule has 0 unspecified atom stereocenters. The Hall–Kier alpha value is -1.62. The van der Waals surface area contributed by atoms with Crippen molar-refractivity contribution in [3.63, 3.8) is 0 Å². The largest absolute Gasteiger partial charge is 0.414 e. The van der Waals surface area contributed by atoms with E-state index in [9.17, 15) is 9.90 Å². The summed E-state index contributed by atoms with van der Waals surface area (Å²) in [6, 6.07) is 3.75. The first kappa shape index (κ1) is 16.2. The molecule has 23 heavy (non-hydrogen) atoms. The normalized spacial score (nSPS) is 21.9. The Morgan fingerprint density at radius 2 is 2.22 bits per heavy atom. The van der Waals surface area contributed by atoms with Crippen molar-refractivity contribution in [2.45, 2.75) is 58.5 Å². The number of aromatic nitrogens is 1. The van der Waals surface area contributed by atoms with E-state index in [1.165, 1.54) is 5.56 Å². The SMILES string of the molecule is CC1(C)CCc2ccc(OC(=O)NC[C@](C)(O)C3CC3)nc2C1. The van der Waals surface area contributed by atoms with Crippen molar-refractivity contribution in [1.29, 1.82) is 0 Å². The molecule has 0 aliphatic heterocycles. The molecule has 0 spiro atoms. The summed E-state index contributed by atoms with van der Waals surface area (Å²) in [6.45, 7) is 6.42. The fourth-order valence-corrected chi connectivity index (χ4v) is 3.19. The Bertz CT molecular complexity index is 606. The van der Waals surface area contributed by atoms with Gasteiger partial charge in [0.15, 0.2) is 0 Å². The zero-order valence-electron chi connectivity index (χ0n) is 14.2. The molecule has 0 radical (unpaired) electrons. The Kier molecular flexibility index (Phi) is 4.08. The number of hydrogen-bond acceptors (Lipinski definition) is 4. The molecule has 3 rings (SSSR count). The maximum absolute atomic E-state index is 11.9. The predicted molar refractivity (Wildman–Crippen MR) is 87.4 cm³/mol. The number of aryl methyl sites for hydroxylation is 1. The van der Waals surface area contributed by atoms with E-state index in [2.05, 4.69) is 24.1 Å². The van der Waals surface area contributed by atoms with Crippen LogP contribution >= 0.6 is 0 Å². The second-order valence-electron chi connectivity index (χ2n) is 7.97.